The number of nitrogens with zero attached hydrogens (tertiary/aromatic N) is 2. The standard InChI is InChI=1S/C11H13N3O6S/c1-2-3-8-13-9(20-14-8)6-18-11(15)7-4-5-10(19-7)21(12,16)17/h4-5H,2-3,6H2,1H3,(H2,12,16,17). The highest BCUT2D eigenvalue weighted by molar-refractivity contribution is 7.89. The predicted octanol–water partition coefficient (Wildman–Crippen LogP) is 0.620. The first-order chi connectivity index (χ1) is 9.90. The zero-order chi connectivity index (χ0) is 15.5. The molecule has 0 aliphatic carbocycles. The van der Waals surface area contributed by atoms with E-state index in [0.717, 1.165) is 18.6 Å². The van der Waals surface area contributed by atoms with E-state index < -0.39 is 21.1 Å². The zero-order valence-corrected chi connectivity index (χ0v) is 11.9. The first-order valence-electron chi connectivity index (χ1n) is 6.01. The van der Waals surface area contributed by atoms with Crippen molar-refractivity contribution >= 4 is 16.0 Å². The van der Waals surface area contributed by atoms with Gasteiger partial charge in [-0.15, -0.1) is 0 Å². The van der Waals surface area contributed by atoms with Gasteiger partial charge in [-0.25, -0.2) is 18.4 Å². The summed E-state index contributed by atoms with van der Waals surface area (Å²) in [5.74, 6) is -0.476. The van der Waals surface area contributed by atoms with Crippen LogP contribution in [0, 0.1) is 0 Å². The number of hydrogen-bond acceptors (Lipinski definition) is 8. The number of rotatable bonds is 6. The van der Waals surface area contributed by atoms with E-state index in [1.54, 1.807) is 0 Å². The van der Waals surface area contributed by atoms with Crippen LogP contribution < -0.4 is 5.14 Å². The lowest BCUT2D eigenvalue weighted by molar-refractivity contribution is 0.0388. The summed E-state index contributed by atoms with van der Waals surface area (Å²) in [6, 6.07) is 2.22. The summed E-state index contributed by atoms with van der Waals surface area (Å²) < 4.78 is 36.6. The zero-order valence-electron chi connectivity index (χ0n) is 11.1. The molecule has 9 nitrogen and oxygen atoms in total. The Hall–Kier alpha value is -2.20. The van der Waals surface area contributed by atoms with Crippen molar-refractivity contribution in [2.24, 2.45) is 5.14 Å². The van der Waals surface area contributed by atoms with Gasteiger partial charge in [-0.1, -0.05) is 12.1 Å². The van der Waals surface area contributed by atoms with Crippen LogP contribution in [0.3, 0.4) is 0 Å². The van der Waals surface area contributed by atoms with E-state index in [4.69, 9.17) is 18.8 Å². The fourth-order valence-electron chi connectivity index (χ4n) is 1.46. The molecule has 0 aliphatic heterocycles. The van der Waals surface area contributed by atoms with E-state index in [1.165, 1.54) is 0 Å². The first-order valence-corrected chi connectivity index (χ1v) is 7.56. The maximum Gasteiger partial charge on any atom is 0.374 e. The molecule has 0 saturated heterocycles. The summed E-state index contributed by atoms with van der Waals surface area (Å²) in [6.07, 6.45) is 1.52. The lowest BCUT2D eigenvalue weighted by atomic mass is 10.3. The Bertz CT molecular complexity index is 733. The third-order valence-corrected chi connectivity index (χ3v) is 3.15. The van der Waals surface area contributed by atoms with Crippen LogP contribution in [-0.4, -0.2) is 24.5 Å². The molecule has 0 saturated carbocycles. The number of nitrogens with two attached hydrogens (primary N) is 1. The molecular weight excluding hydrogens is 302 g/mol. The van der Waals surface area contributed by atoms with E-state index in [1.807, 2.05) is 6.92 Å². The van der Waals surface area contributed by atoms with Gasteiger partial charge in [-0.3, -0.25) is 0 Å². The monoisotopic (exact) mass is 315 g/mol. The molecule has 2 aromatic rings. The Morgan fingerprint density at radius 2 is 2.19 bits per heavy atom. The van der Waals surface area contributed by atoms with Gasteiger partial charge in [0.1, 0.15) is 0 Å². The molecule has 0 spiro atoms. The fraction of sp³-hybridized carbons (Fsp3) is 0.364. The van der Waals surface area contributed by atoms with Crippen LogP contribution in [0.4, 0.5) is 0 Å². The highest BCUT2D eigenvalue weighted by atomic mass is 32.2. The van der Waals surface area contributed by atoms with Gasteiger partial charge in [0.15, 0.2) is 12.4 Å². The highest BCUT2D eigenvalue weighted by Gasteiger charge is 2.19. The second-order valence-corrected chi connectivity index (χ2v) is 5.59. The average molecular weight is 315 g/mol. The van der Waals surface area contributed by atoms with Gasteiger partial charge in [0.2, 0.25) is 10.9 Å². The van der Waals surface area contributed by atoms with Crippen LogP contribution in [0.15, 0.2) is 26.2 Å². The average Bonchev–Trinajstić information content (AvgIpc) is 3.04. The van der Waals surface area contributed by atoms with Crippen molar-refractivity contribution in [3.63, 3.8) is 0 Å². The molecule has 0 bridgehead atoms. The Morgan fingerprint density at radius 1 is 1.43 bits per heavy atom. The Labute approximate surface area is 120 Å². The molecule has 114 valence electrons. The van der Waals surface area contributed by atoms with Crippen molar-refractivity contribution in [2.75, 3.05) is 0 Å². The third kappa shape index (κ3) is 3.89. The quantitative estimate of drug-likeness (QED) is 0.765. The van der Waals surface area contributed by atoms with Gasteiger partial charge in [-0.05, 0) is 18.6 Å². The van der Waals surface area contributed by atoms with Crippen LogP contribution in [0.2, 0.25) is 0 Å². The second kappa shape index (κ2) is 6.06. The van der Waals surface area contributed by atoms with Crippen LogP contribution in [0.25, 0.3) is 0 Å². The molecule has 0 aromatic carbocycles. The van der Waals surface area contributed by atoms with Gasteiger partial charge >= 0.3 is 5.97 Å². The van der Waals surface area contributed by atoms with Gasteiger partial charge in [0.25, 0.3) is 15.9 Å². The SMILES string of the molecule is CCCc1noc(COC(=O)c2ccc(S(N)(=O)=O)o2)n1. The number of carbonyl (C=O) groups excluding carboxylic acids is 1. The summed E-state index contributed by atoms with van der Waals surface area (Å²) in [4.78, 5) is 15.7. The molecule has 0 amide bonds. The molecule has 21 heavy (non-hydrogen) atoms. The van der Waals surface area contributed by atoms with E-state index in [-0.39, 0.29) is 18.3 Å². The third-order valence-electron chi connectivity index (χ3n) is 2.37. The Balaban J connectivity index is 1.96. The topological polar surface area (TPSA) is 139 Å². The van der Waals surface area contributed by atoms with Crippen LogP contribution in [0.5, 0.6) is 0 Å². The van der Waals surface area contributed by atoms with E-state index in [2.05, 4.69) is 10.1 Å². The number of aryl methyl sites for hydroxylation is 1. The summed E-state index contributed by atoms with van der Waals surface area (Å²) in [7, 11) is -4.00. The largest absolute Gasteiger partial charge is 0.450 e. The Morgan fingerprint density at radius 3 is 2.81 bits per heavy atom. The molecule has 2 N–H and O–H groups in total. The number of hydrogen-bond donors (Lipinski definition) is 1. The van der Waals surface area contributed by atoms with Gasteiger partial charge in [0, 0.05) is 6.42 Å². The molecule has 0 unspecified atom stereocenters. The van der Waals surface area contributed by atoms with E-state index in [9.17, 15) is 13.2 Å². The van der Waals surface area contributed by atoms with Crippen molar-refractivity contribution in [1.82, 2.24) is 10.1 Å². The van der Waals surface area contributed by atoms with Crippen molar-refractivity contribution in [3.8, 4) is 0 Å². The molecular formula is C11H13N3O6S. The summed E-state index contributed by atoms with van der Waals surface area (Å²) in [5.41, 5.74) is 0. The van der Waals surface area contributed by atoms with Gasteiger partial charge in [0.05, 0.1) is 0 Å². The normalized spacial score (nSPS) is 11.5. The molecule has 2 heterocycles. The van der Waals surface area contributed by atoms with Gasteiger partial charge < -0.3 is 13.7 Å². The minimum Gasteiger partial charge on any atom is -0.450 e. The van der Waals surface area contributed by atoms with Crippen LogP contribution in [-0.2, 0) is 27.8 Å². The van der Waals surface area contributed by atoms with Gasteiger partial charge in [-0.2, -0.15) is 4.98 Å². The molecule has 2 rings (SSSR count). The highest BCUT2D eigenvalue weighted by Crippen LogP contribution is 2.14. The molecule has 0 fully saturated rings. The minimum absolute atomic E-state index is 0.144. The fourth-order valence-corrected chi connectivity index (χ4v) is 1.92. The summed E-state index contributed by atoms with van der Waals surface area (Å²) in [5, 5.41) is 8.04. The number of esters is 1. The number of sulfonamides is 1. The van der Waals surface area contributed by atoms with Crippen molar-refractivity contribution < 1.29 is 26.9 Å². The number of ether oxygens (including phenoxy) is 1. The van der Waals surface area contributed by atoms with E-state index in [0.29, 0.717) is 12.2 Å². The minimum atomic E-state index is -4.00. The second-order valence-electron chi connectivity index (χ2n) is 4.09. The van der Waals surface area contributed by atoms with Crippen LogP contribution in [0.1, 0.15) is 35.6 Å². The van der Waals surface area contributed by atoms with E-state index >= 15 is 0 Å². The first kappa shape index (κ1) is 15.2. The molecule has 10 heteroatoms. The summed E-state index contributed by atoms with van der Waals surface area (Å²) >= 11 is 0. The number of carbonyl (C=O) groups is 1. The summed E-state index contributed by atoms with van der Waals surface area (Å²) in [6.45, 7) is 1.73. The van der Waals surface area contributed by atoms with Crippen LogP contribution >= 0.6 is 0 Å². The number of aromatic nitrogens is 2. The molecule has 0 radical (unpaired) electrons. The maximum atomic E-state index is 11.6. The predicted molar refractivity (Wildman–Crippen MR) is 67.5 cm³/mol. The Kier molecular flexibility index (Phi) is 4.38. The van der Waals surface area contributed by atoms with Crippen molar-refractivity contribution in [1.29, 1.82) is 0 Å². The lowest BCUT2D eigenvalue weighted by Gasteiger charge is -1.98. The number of primary sulfonamides is 1. The molecule has 0 atom stereocenters. The molecule has 0 aliphatic rings. The molecule has 2 aromatic heterocycles. The smallest absolute Gasteiger partial charge is 0.374 e. The number of furan rings is 1. The maximum absolute atomic E-state index is 11.6. The van der Waals surface area contributed by atoms with Crippen molar-refractivity contribution in [2.45, 2.75) is 31.5 Å². The lowest BCUT2D eigenvalue weighted by Crippen LogP contribution is -2.11. The van der Waals surface area contributed by atoms with Crippen molar-refractivity contribution in [3.05, 3.63) is 29.6 Å².